The number of oxime groups is 1. The van der Waals surface area contributed by atoms with E-state index in [0.717, 1.165) is 24.2 Å². The Labute approximate surface area is 221 Å². The molecular weight excluding hydrogens is 512 g/mol. The maximum atomic E-state index is 13.5. The summed E-state index contributed by atoms with van der Waals surface area (Å²) in [5.41, 5.74) is 2.93. The normalized spacial score (nSPS) is 15.9. The van der Waals surface area contributed by atoms with Crippen molar-refractivity contribution in [1.82, 2.24) is 15.0 Å². The van der Waals surface area contributed by atoms with Crippen LogP contribution in [0.15, 0.2) is 84.4 Å². The third-order valence-corrected chi connectivity index (χ3v) is 6.44. The van der Waals surface area contributed by atoms with Crippen molar-refractivity contribution in [2.24, 2.45) is 5.16 Å². The summed E-state index contributed by atoms with van der Waals surface area (Å²) in [4.78, 5) is 31.0. The van der Waals surface area contributed by atoms with Gasteiger partial charge in [-0.05, 0) is 60.0 Å². The molecule has 0 N–H and O–H groups in total. The van der Waals surface area contributed by atoms with E-state index >= 15 is 0 Å². The van der Waals surface area contributed by atoms with Gasteiger partial charge in [0.15, 0.2) is 11.9 Å². The number of carbonyl (C=O) groups excluding carboxylic acids is 1. The number of hydrogen-bond acceptors (Lipinski definition) is 6. The Hall–Kier alpha value is -4.47. The Bertz CT molecular complexity index is 1510. The highest BCUT2D eigenvalue weighted by molar-refractivity contribution is 6.05. The van der Waals surface area contributed by atoms with Gasteiger partial charge in [-0.3, -0.25) is 19.7 Å². The van der Waals surface area contributed by atoms with Crippen LogP contribution in [-0.4, -0.2) is 26.4 Å². The van der Waals surface area contributed by atoms with E-state index in [1.54, 1.807) is 31.3 Å². The molecule has 1 unspecified atom stereocenters. The molecule has 0 saturated carbocycles. The molecule has 4 aromatic rings. The number of carbonyl (C=O) groups is 1. The number of alkyl halides is 3. The lowest BCUT2D eigenvalue weighted by atomic mass is 9.91. The lowest BCUT2D eigenvalue weighted by Gasteiger charge is -2.14. The first-order valence-electron chi connectivity index (χ1n) is 12.1. The number of aromatic nitrogens is 3. The molecule has 2 atom stereocenters. The van der Waals surface area contributed by atoms with E-state index in [4.69, 9.17) is 4.84 Å². The number of ketones is 1. The molecule has 5 rings (SSSR count). The molecule has 6 nitrogen and oxygen atoms in total. The van der Waals surface area contributed by atoms with Crippen LogP contribution in [0.5, 0.6) is 0 Å². The van der Waals surface area contributed by atoms with E-state index in [0.29, 0.717) is 40.1 Å². The summed E-state index contributed by atoms with van der Waals surface area (Å²) in [6.07, 6.45) is -0.540. The minimum atomic E-state index is -4.54. The van der Waals surface area contributed by atoms with Crippen molar-refractivity contribution >= 4 is 11.5 Å². The molecule has 0 spiro atoms. The van der Waals surface area contributed by atoms with Crippen molar-refractivity contribution in [1.29, 1.82) is 0 Å². The third kappa shape index (κ3) is 6.00. The number of rotatable bonds is 7. The molecule has 10 heteroatoms. The highest BCUT2D eigenvalue weighted by Gasteiger charge is 2.32. The largest absolute Gasteiger partial charge is 0.433 e. The third-order valence-electron chi connectivity index (χ3n) is 6.44. The van der Waals surface area contributed by atoms with Crippen molar-refractivity contribution in [3.8, 4) is 11.3 Å². The van der Waals surface area contributed by atoms with Crippen LogP contribution in [0.1, 0.15) is 64.7 Å². The Morgan fingerprint density at radius 2 is 1.82 bits per heavy atom. The van der Waals surface area contributed by atoms with E-state index in [-0.39, 0.29) is 24.2 Å². The second-order valence-electron chi connectivity index (χ2n) is 9.25. The van der Waals surface area contributed by atoms with Crippen molar-refractivity contribution in [2.75, 3.05) is 0 Å². The number of Topliss-reactive ketones (excluding diaryl/α,β-unsaturated/α-hetero) is 1. The molecule has 1 aliphatic rings. The predicted molar refractivity (Wildman–Crippen MR) is 135 cm³/mol. The van der Waals surface area contributed by atoms with Gasteiger partial charge >= 0.3 is 6.18 Å². The number of nitrogens with zero attached hydrogens (tertiary/aromatic N) is 4. The minimum Gasteiger partial charge on any atom is -0.385 e. The van der Waals surface area contributed by atoms with Crippen LogP contribution < -0.4 is 0 Å². The van der Waals surface area contributed by atoms with Gasteiger partial charge in [0.25, 0.3) is 0 Å². The number of halogens is 4. The van der Waals surface area contributed by atoms with Crippen LogP contribution >= 0.6 is 0 Å². The number of benzene rings is 1. The van der Waals surface area contributed by atoms with Gasteiger partial charge in [0.2, 0.25) is 0 Å². The summed E-state index contributed by atoms with van der Waals surface area (Å²) < 4.78 is 52.1. The summed E-state index contributed by atoms with van der Waals surface area (Å²) >= 11 is 0. The lowest BCUT2D eigenvalue weighted by Crippen LogP contribution is -2.10. The van der Waals surface area contributed by atoms with E-state index in [1.165, 1.54) is 18.2 Å². The van der Waals surface area contributed by atoms with Gasteiger partial charge in [0.05, 0.1) is 23.3 Å². The fourth-order valence-corrected chi connectivity index (χ4v) is 4.30. The number of hydrogen-bond donors (Lipinski definition) is 0. The average Bonchev–Trinajstić information content (AvgIpc) is 3.44. The molecule has 0 saturated heterocycles. The summed E-state index contributed by atoms with van der Waals surface area (Å²) in [5.74, 6) is -1.10. The lowest BCUT2D eigenvalue weighted by molar-refractivity contribution is -0.141. The fourth-order valence-electron chi connectivity index (χ4n) is 4.30. The number of pyridine rings is 3. The van der Waals surface area contributed by atoms with Gasteiger partial charge in [0.1, 0.15) is 11.5 Å². The van der Waals surface area contributed by atoms with Crippen LogP contribution in [0.2, 0.25) is 0 Å². The zero-order chi connectivity index (χ0) is 27.6. The maximum absolute atomic E-state index is 13.5. The maximum Gasteiger partial charge on any atom is 0.433 e. The molecule has 4 heterocycles. The average molecular weight is 535 g/mol. The minimum absolute atomic E-state index is 0.0340. The monoisotopic (exact) mass is 534 g/mol. The van der Waals surface area contributed by atoms with Gasteiger partial charge in [-0.15, -0.1) is 0 Å². The topological polar surface area (TPSA) is 77.3 Å². The zero-order valence-corrected chi connectivity index (χ0v) is 20.7. The summed E-state index contributed by atoms with van der Waals surface area (Å²) in [6, 6.07) is 15.7. The van der Waals surface area contributed by atoms with Gasteiger partial charge in [0, 0.05) is 41.9 Å². The van der Waals surface area contributed by atoms with Gasteiger partial charge in [-0.1, -0.05) is 24.2 Å². The van der Waals surface area contributed by atoms with Crippen molar-refractivity contribution in [3.05, 3.63) is 113 Å². The van der Waals surface area contributed by atoms with E-state index in [2.05, 4.69) is 20.1 Å². The second kappa shape index (κ2) is 10.7. The SMILES string of the molecule is C[C@@H](CC(=O)c1cc(C2=NOC(c3ccccn3)C2)cc(-c2ccc(F)cn2)c1)c1ccc(C(F)(F)F)nc1. The summed E-state index contributed by atoms with van der Waals surface area (Å²) in [6.45, 7) is 1.75. The standard InChI is InChI=1S/C29H22F4N4O2/c1-17(18-5-8-28(36-15-18)29(31,32)33)10-26(38)21-12-19(23-7-6-22(30)16-35-23)11-20(13-21)25-14-27(39-37-25)24-4-2-3-9-34-24/h2-9,11-13,15-17,27H,10,14H2,1H3/t17-,27?/m0/s1. The molecule has 3 aromatic heterocycles. The molecule has 198 valence electrons. The van der Waals surface area contributed by atoms with Crippen LogP contribution in [0, 0.1) is 5.82 Å². The molecule has 0 aliphatic carbocycles. The zero-order valence-electron chi connectivity index (χ0n) is 20.7. The van der Waals surface area contributed by atoms with Crippen LogP contribution in [0.3, 0.4) is 0 Å². The second-order valence-corrected chi connectivity index (χ2v) is 9.25. The Morgan fingerprint density at radius 3 is 2.49 bits per heavy atom. The van der Waals surface area contributed by atoms with Crippen LogP contribution in [0.4, 0.5) is 17.6 Å². The van der Waals surface area contributed by atoms with Crippen LogP contribution in [-0.2, 0) is 11.0 Å². The Balaban J connectivity index is 1.42. The smallest absolute Gasteiger partial charge is 0.385 e. The van der Waals surface area contributed by atoms with Crippen LogP contribution in [0.25, 0.3) is 11.3 Å². The van der Waals surface area contributed by atoms with Gasteiger partial charge in [-0.25, -0.2) is 4.39 Å². The summed E-state index contributed by atoms with van der Waals surface area (Å²) in [7, 11) is 0. The highest BCUT2D eigenvalue weighted by atomic mass is 19.4. The molecule has 0 amide bonds. The predicted octanol–water partition coefficient (Wildman–Crippen LogP) is 6.94. The molecule has 1 aromatic carbocycles. The van der Waals surface area contributed by atoms with E-state index < -0.39 is 17.7 Å². The first-order valence-corrected chi connectivity index (χ1v) is 12.1. The molecule has 39 heavy (non-hydrogen) atoms. The highest BCUT2D eigenvalue weighted by Crippen LogP contribution is 2.32. The van der Waals surface area contributed by atoms with Crippen molar-refractivity contribution in [2.45, 2.75) is 38.0 Å². The van der Waals surface area contributed by atoms with Gasteiger partial charge in [-0.2, -0.15) is 13.2 Å². The van der Waals surface area contributed by atoms with E-state index in [1.807, 2.05) is 18.2 Å². The van der Waals surface area contributed by atoms with Crippen molar-refractivity contribution < 1.29 is 27.2 Å². The quantitative estimate of drug-likeness (QED) is 0.190. The first-order chi connectivity index (χ1) is 18.7. The fraction of sp³-hybridized carbons (Fsp3) is 0.207. The van der Waals surface area contributed by atoms with Gasteiger partial charge < -0.3 is 4.84 Å². The first kappa shape index (κ1) is 26.1. The Kier molecular flexibility index (Phi) is 7.19. The summed E-state index contributed by atoms with van der Waals surface area (Å²) in [5, 5.41) is 4.23. The molecule has 1 aliphatic heterocycles. The Morgan fingerprint density at radius 1 is 1.00 bits per heavy atom. The molecule has 0 bridgehead atoms. The molecule has 0 radical (unpaired) electrons. The molecular formula is C29H22F4N4O2. The van der Waals surface area contributed by atoms with Crippen molar-refractivity contribution in [3.63, 3.8) is 0 Å². The van der Waals surface area contributed by atoms with E-state index in [9.17, 15) is 22.4 Å². The molecule has 0 fully saturated rings.